The maximum Gasteiger partial charge on any atom is 0.340 e. The van der Waals surface area contributed by atoms with E-state index in [1.165, 1.54) is 23.1 Å². The molecule has 0 aliphatic rings. The minimum atomic E-state index is -0.537. The van der Waals surface area contributed by atoms with Crippen LogP contribution >= 0.6 is 11.8 Å². The lowest BCUT2D eigenvalue weighted by atomic mass is 10.1. The average molecular weight is 415 g/mol. The second-order valence-electron chi connectivity index (χ2n) is 6.39. The fraction of sp³-hybridized carbons (Fsp3) is 0.333. The molecule has 1 amide bonds. The number of nitrogens with zero attached hydrogens (tertiary/aromatic N) is 3. The standard InChI is InChI=1S/C21H22FN3O3S/c1-5-28-21(27)18-10-16(11-23)19(24-13(18)2)29-14(3)20(26)25(4)12-15-7-6-8-17(22)9-15/h6-10,14H,5,12H2,1-4H3/t14-/m1/s1. The van der Waals surface area contributed by atoms with E-state index in [0.717, 1.165) is 11.8 Å². The Morgan fingerprint density at radius 2 is 2.10 bits per heavy atom. The number of benzene rings is 1. The van der Waals surface area contributed by atoms with Gasteiger partial charge in [-0.1, -0.05) is 23.9 Å². The van der Waals surface area contributed by atoms with Crippen LogP contribution in [-0.4, -0.2) is 40.7 Å². The van der Waals surface area contributed by atoms with Crippen LogP contribution in [0.2, 0.25) is 0 Å². The van der Waals surface area contributed by atoms with Crippen molar-refractivity contribution in [2.45, 2.75) is 37.6 Å². The van der Waals surface area contributed by atoms with Gasteiger partial charge < -0.3 is 9.64 Å². The van der Waals surface area contributed by atoms with Crippen molar-refractivity contribution >= 4 is 23.6 Å². The lowest BCUT2D eigenvalue weighted by Gasteiger charge is -2.21. The molecule has 1 atom stereocenters. The molecule has 1 aromatic heterocycles. The molecule has 0 bridgehead atoms. The number of aromatic nitrogens is 1. The van der Waals surface area contributed by atoms with Crippen LogP contribution < -0.4 is 0 Å². The van der Waals surface area contributed by atoms with Crippen LogP contribution in [0.25, 0.3) is 0 Å². The number of hydrogen-bond acceptors (Lipinski definition) is 6. The molecule has 152 valence electrons. The summed E-state index contributed by atoms with van der Waals surface area (Å²) >= 11 is 1.14. The highest BCUT2D eigenvalue weighted by molar-refractivity contribution is 8.00. The largest absolute Gasteiger partial charge is 0.462 e. The molecule has 0 unspecified atom stereocenters. The minimum absolute atomic E-state index is 0.183. The summed E-state index contributed by atoms with van der Waals surface area (Å²) in [6.45, 7) is 5.55. The first-order valence-electron chi connectivity index (χ1n) is 9.01. The van der Waals surface area contributed by atoms with Crippen LogP contribution in [0.15, 0.2) is 35.4 Å². The molecule has 0 spiro atoms. The number of carbonyl (C=O) groups excluding carboxylic acids is 2. The summed E-state index contributed by atoms with van der Waals surface area (Å²) in [6.07, 6.45) is 0. The number of pyridine rings is 1. The highest BCUT2D eigenvalue weighted by Gasteiger charge is 2.23. The first-order valence-corrected chi connectivity index (χ1v) is 9.89. The van der Waals surface area contributed by atoms with Crippen LogP contribution in [0.5, 0.6) is 0 Å². The molecule has 0 radical (unpaired) electrons. The fourth-order valence-corrected chi connectivity index (χ4v) is 3.72. The summed E-state index contributed by atoms with van der Waals surface area (Å²) in [4.78, 5) is 30.5. The molecule has 0 saturated heterocycles. The summed E-state index contributed by atoms with van der Waals surface area (Å²) in [6, 6.07) is 9.54. The van der Waals surface area contributed by atoms with Crippen molar-refractivity contribution in [3.05, 3.63) is 58.5 Å². The molecule has 6 nitrogen and oxygen atoms in total. The molecule has 0 N–H and O–H groups in total. The van der Waals surface area contributed by atoms with E-state index >= 15 is 0 Å². The van der Waals surface area contributed by atoms with Gasteiger partial charge >= 0.3 is 5.97 Å². The van der Waals surface area contributed by atoms with E-state index < -0.39 is 11.2 Å². The molecule has 0 fully saturated rings. The third-order valence-corrected chi connectivity index (χ3v) is 5.20. The number of hydrogen-bond donors (Lipinski definition) is 0. The number of rotatable bonds is 7. The number of ether oxygens (including phenoxy) is 1. The number of thioether (sulfide) groups is 1. The number of halogens is 1. The quantitative estimate of drug-likeness (QED) is 0.506. The second-order valence-corrected chi connectivity index (χ2v) is 7.72. The Hall–Kier alpha value is -2.92. The van der Waals surface area contributed by atoms with E-state index in [2.05, 4.69) is 4.98 Å². The Kier molecular flexibility index (Phi) is 7.74. The highest BCUT2D eigenvalue weighted by Crippen LogP contribution is 2.28. The van der Waals surface area contributed by atoms with E-state index in [1.807, 2.05) is 6.07 Å². The summed E-state index contributed by atoms with van der Waals surface area (Å²) < 4.78 is 18.3. The van der Waals surface area contributed by atoms with Gasteiger partial charge in [0.1, 0.15) is 16.9 Å². The molecule has 0 aliphatic heterocycles. The molecule has 29 heavy (non-hydrogen) atoms. The maximum absolute atomic E-state index is 13.3. The Labute approximate surface area is 173 Å². The predicted molar refractivity (Wildman–Crippen MR) is 108 cm³/mol. The summed E-state index contributed by atoms with van der Waals surface area (Å²) in [5, 5.41) is 9.29. The Morgan fingerprint density at radius 1 is 1.38 bits per heavy atom. The number of nitriles is 1. The summed E-state index contributed by atoms with van der Waals surface area (Å²) in [5.74, 6) is -1.08. The Balaban J connectivity index is 2.15. The van der Waals surface area contributed by atoms with Gasteiger partial charge in [0.2, 0.25) is 5.91 Å². The van der Waals surface area contributed by atoms with Gasteiger partial charge in [0.25, 0.3) is 0 Å². The molecule has 1 heterocycles. The van der Waals surface area contributed by atoms with Crippen molar-refractivity contribution in [3.8, 4) is 6.07 Å². The van der Waals surface area contributed by atoms with E-state index in [4.69, 9.17) is 4.74 Å². The van der Waals surface area contributed by atoms with Crippen molar-refractivity contribution in [3.63, 3.8) is 0 Å². The smallest absolute Gasteiger partial charge is 0.340 e. The molecule has 2 rings (SSSR count). The van der Waals surface area contributed by atoms with Crippen LogP contribution in [0.4, 0.5) is 4.39 Å². The highest BCUT2D eigenvalue weighted by atomic mass is 32.2. The van der Waals surface area contributed by atoms with Crippen molar-refractivity contribution in [2.24, 2.45) is 0 Å². The van der Waals surface area contributed by atoms with Gasteiger partial charge in [-0.15, -0.1) is 0 Å². The molecule has 1 aromatic carbocycles. The van der Waals surface area contributed by atoms with Crippen LogP contribution in [0, 0.1) is 24.1 Å². The summed E-state index contributed by atoms with van der Waals surface area (Å²) in [5.41, 5.74) is 1.55. The SMILES string of the molecule is CCOC(=O)c1cc(C#N)c(S[C@H](C)C(=O)N(C)Cc2cccc(F)c2)nc1C. The predicted octanol–water partition coefficient (Wildman–Crippen LogP) is 3.72. The zero-order chi connectivity index (χ0) is 21.6. The molecular formula is C21H22FN3O3S. The van der Waals surface area contributed by atoms with Crippen LogP contribution in [0.3, 0.4) is 0 Å². The number of carbonyl (C=O) groups is 2. The minimum Gasteiger partial charge on any atom is -0.462 e. The van der Waals surface area contributed by atoms with E-state index in [0.29, 0.717) is 16.3 Å². The monoisotopic (exact) mass is 415 g/mol. The van der Waals surface area contributed by atoms with Crippen LogP contribution in [-0.2, 0) is 16.1 Å². The Bertz CT molecular complexity index is 959. The number of amides is 1. The third-order valence-electron chi connectivity index (χ3n) is 4.12. The van der Waals surface area contributed by atoms with Crippen LogP contribution in [0.1, 0.15) is 41.0 Å². The van der Waals surface area contributed by atoms with E-state index in [9.17, 15) is 19.2 Å². The Morgan fingerprint density at radius 3 is 2.72 bits per heavy atom. The van der Waals surface area contributed by atoms with Crippen molar-refractivity contribution in [1.29, 1.82) is 5.26 Å². The van der Waals surface area contributed by atoms with Gasteiger partial charge in [0.15, 0.2) is 0 Å². The lowest BCUT2D eigenvalue weighted by molar-refractivity contribution is -0.129. The lowest BCUT2D eigenvalue weighted by Crippen LogP contribution is -2.32. The zero-order valence-corrected chi connectivity index (χ0v) is 17.5. The average Bonchev–Trinajstić information content (AvgIpc) is 2.67. The second kappa shape index (κ2) is 10.0. The number of esters is 1. The fourth-order valence-electron chi connectivity index (χ4n) is 2.68. The third kappa shape index (κ3) is 5.78. The van der Waals surface area contributed by atoms with Gasteiger partial charge in [0.05, 0.1) is 28.7 Å². The molecule has 2 aromatic rings. The van der Waals surface area contributed by atoms with Gasteiger partial charge in [-0.25, -0.2) is 14.2 Å². The van der Waals surface area contributed by atoms with E-state index in [-0.39, 0.29) is 36.0 Å². The molecule has 0 aliphatic carbocycles. The van der Waals surface area contributed by atoms with Gasteiger partial charge in [-0.3, -0.25) is 4.79 Å². The normalized spacial score (nSPS) is 11.4. The van der Waals surface area contributed by atoms with Crippen molar-refractivity contribution in [2.75, 3.05) is 13.7 Å². The number of aryl methyl sites for hydroxylation is 1. The zero-order valence-electron chi connectivity index (χ0n) is 16.7. The first kappa shape index (κ1) is 22.4. The molecule has 0 saturated carbocycles. The maximum atomic E-state index is 13.3. The van der Waals surface area contributed by atoms with Crippen molar-refractivity contribution in [1.82, 2.24) is 9.88 Å². The van der Waals surface area contributed by atoms with Gasteiger partial charge in [-0.2, -0.15) is 5.26 Å². The van der Waals surface area contributed by atoms with Gasteiger partial charge in [-0.05, 0) is 44.5 Å². The first-order chi connectivity index (χ1) is 13.8. The van der Waals surface area contributed by atoms with E-state index in [1.54, 1.807) is 40.0 Å². The molecular weight excluding hydrogens is 393 g/mol. The summed E-state index contributed by atoms with van der Waals surface area (Å²) in [7, 11) is 1.64. The van der Waals surface area contributed by atoms with Crippen molar-refractivity contribution < 1.29 is 18.7 Å². The van der Waals surface area contributed by atoms with Gasteiger partial charge in [0, 0.05) is 13.6 Å². The topological polar surface area (TPSA) is 83.3 Å². The molecule has 8 heteroatoms.